The Labute approximate surface area is 354 Å². The first-order valence-corrected chi connectivity index (χ1v) is 23.0. The van der Waals surface area contributed by atoms with Gasteiger partial charge < -0.3 is 18.5 Å². The topological polar surface area (TPSA) is 36.9 Å². The van der Waals surface area contributed by atoms with E-state index >= 15 is 0 Å². The first kappa shape index (κ1) is 44.1. The molecule has 2 aliphatic carbocycles. The van der Waals surface area contributed by atoms with Gasteiger partial charge >= 0.3 is 0 Å². The van der Waals surface area contributed by atoms with Crippen molar-refractivity contribution < 1.29 is 18.5 Å². The molecule has 314 valence electrons. The van der Waals surface area contributed by atoms with Crippen molar-refractivity contribution in [3.05, 3.63) is 104 Å². The van der Waals surface area contributed by atoms with Crippen LogP contribution < -0.4 is 18.5 Å². The molecule has 0 saturated heterocycles. The van der Waals surface area contributed by atoms with Gasteiger partial charge in [-0.3, -0.25) is 0 Å². The standard InChI is InChI=1S/C53H73O4P/c1-15-36-40(50(3,4)5)31-42(52(9,10)11)48(55-33-54-44-29-21-25-34-23-17-19-27-38(34)44)46(36)47-37(16-2)41(51(6,7)8)32-43(53(12,13)14)49(47)57-58-56-45-30-22-26-35-24-18-20-28-39(35)45/h21-22,25-26,29-32,58H,15-20,23-24,27-28,33H2,1-14H3. The molecular formula is C53H73O4P. The highest BCUT2D eigenvalue weighted by molar-refractivity contribution is 7.27. The maximum absolute atomic E-state index is 7.21. The van der Waals surface area contributed by atoms with Crippen LogP contribution in [-0.2, 0) is 60.2 Å². The summed E-state index contributed by atoms with van der Waals surface area (Å²) in [7, 11) is -0.208. The van der Waals surface area contributed by atoms with Crippen molar-refractivity contribution in [1.29, 1.82) is 0 Å². The van der Waals surface area contributed by atoms with Gasteiger partial charge in [0.25, 0.3) is 9.03 Å². The van der Waals surface area contributed by atoms with Gasteiger partial charge in [0.05, 0.1) is 0 Å². The Bertz CT molecular complexity index is 1950. The molecule has 4 nitrogen and oxygen atoms in total. The Kier molecular flexibility index (Phi) is 13.1. The summed E-state index contributed by atoms with van der Waals surface area (Å²) in [6.07, 6.45) is 10.9. The highest BCUT2D eigenvalue weighted by Gasteiger charge is 2.36. The largest absolute Gasteiger partial charge is 0.457 e. The zero-order valence-electron chi connectivity index (χ0n) is 38.5. The number of rotatable bonds is 11. The molecule has 5 heteroatoms. The Morgan fingerprint density at radius 1 is 0.483 bits per heavy atom. The van der Waals surface area contributed by atoms with Crippen LogP contribution in [0.2, 0.25) is 0 Å². The quantitative estimate of drug-likeness (QED) is 0.112. The summed E-state index contributed by atoms with van der Waals surface area (Å²) in [5.74, 6) is 3.71. The molecule has 0 bridgehead atoms. The van der Waals surface area contributed by atoms with Crippen LogP contribution >= 0.6 is 9.03 Å². The maximum Gasteiger partial charge on any atom is 0.275 e. The van der Waals surface area contributed by atoms with E-state index in [-0.39, 0.29) is 37.5 Å². The molecule has 6 rings (SSSR count). The highest BCUT2D eigenvalue weighted by atomic mass is 31.1. The van der Waals surface area contributed by atoms with Crippen LogP contribution in [0.5, 0.6) is 23.0 Å². The summed E-state index contributed by atoms with van der Waals surface area (Å²) in [5.41, 5.74) is 14.8. The number of benzene rings is 4. The lowest BCUT2D eigenvalue weighted by atomic mass is 9.71. The highest BCUT2D eigenvalue weighted by Crippen LogP contribution is 2.54. The number of fused-ring (bicyclic) bond motifs is 2. The third-order valence-corrected chi connectivity index (χ3v) is 13.0. The Morgan fingerprint density at radius 2 is 0.914 bits per heavy atom. The van der Waals surface area contributed by atoms with Crippen molar-refractivity contribution >= 4 is 9.03 Å². The van der Waals surface area contributed by atoms with Crippen LogP contribution in [0.1, 0.15) is 178 Å². The molecule has 0 spiro atoms. The second kappa shape index (κ2) is 17.2. The second-order valence-corrected chi connectivity index (χ2v) is 21.5. The van der Waals surface area contributed by atoms with Crippen LogP contribution in [-0.4, -0.2) is 6.79 Å². The SMILES string of the molecule is CCc1c(C(C)(C)C)cc(C(C)(C)C)c(OCOc2cccc3c2CCCC3)c1-c1c(CC)c(C(C)(C)C)cc(C(C)(C)C)c1OPOc1cccc2c1CCCC2. The van der Waals surface area contributed by atoms with Gasteiger partial charge in [-0.05, 0) is 143 Å². The molecule has 0 N–H and O–H groups in total. The van der Waals surface area contributed by atoms with Crippen molar-refractivity contribution in [3.8, 4) is 34.1 Å². The normalized spacial score (nSPS) is 15.0. The summed E-state index contributed by atoms with van der Waals surface area (Å²) in [4.78, 5) is 0. The summed E-state index contributed by atoms with van der Waals surface area (Å²) in [6.45, 7) is 32.7. The number of hydrogen-bond donors (Lipinski definition) is 0. The van der Waals surface area contributed by atoms with Crippen molar-refractivity contribution in [1.82, 2.24) is 0 Å². The number of hydrogen-bond acceptors (Lipinski definition) is 4. The van der Waals surface area contributed by atoms with Crippen molar-refractivity contribution in [2.45, 2.75) is 183 Å². The van der Waals surface area contributed by atoms with Crippen molar-refractivity contribution in [2.75, 3.05) is 6.79 Å². The summed E-state index contributed by atoms with van der Waals surface area (Å²) in [6, 6.07) is 17.9. The molecule has 0 aromatic heterocycles. The van der Waals surface area contributed by atoms with E-state index in [0.717, 1.165) is 72.6 Å². The van der Waals surface area contributed by atoms with Gasteiger partial charge in [0.2, 0.25) is 6.79 Å². The minimum absolute atomic E-state index is 0.113. The van der Waals surface area contributed by atoms with Crippen LogP contribution in [0.3, 0.4) is 0 Å². The van der Waals surface area contributed by atoms with Crippen LogP contribution in [0, 0.1) is 0 Å². The predicted molar refractivity (Wildman–Crippen MR) is 247 cm³/mol. The third kappa shape index (κ3) is 9.28. The fourth-order valence-electron chi connectivity index (χ4n) is 9.36. The second-order valence-electron chi connectivity index (χ2n) is 20.9. The minimum Gasteiger partial charge on any atom is -0.457 e. The molecule has 58 heavy (non-hydrogen) atoms. The molecule has 0 heterocycles. The molecule has 1 unspecified atom stereocenters. The molecule has 1 atom stereocenters. The molecule has 0 saturated carbocycles. The van der Waals surface area contributed by atoms with Gasteiger partial charge in [-0.25, -0.2) is 0 Å². The Hall–Kier alpha value is -3.49. The van der Waals surface area contributed by atoms with Gasteiger partial charge in [-0.15, -0.1) is 0 Å². The average Bonchev–Trinajstić information content (AvgIpc) is 3.15. The van der Waals surface area contributed by atoms with E-state index in [1.807, 2.05) is 0 Å². The van der Waals surface area contributed by atoms with E-state index in [9.17, 15) is 0 Å². The smallest absolute Gasteiger partial charge is 0.275 e. The number of ether oxygens (including phenoxy) is 2. The predicted octanol–water partition coefficient (Wildman–Crippen LogP) is 14.8. The van der Waals surface area contributed by atoms with Crippen LogP contribution in [0.15, 0.2) is 48.5 Å². The zero-order chi connectivity index (χ0) is 42.2. The number of aryl methyl sites for hydroxylation is 2. The lowest BCUT2D eigenvalue weighted by Gasteiger charge is -2.36. The van der Waals surface area contributed by atoms with E-state index in [2.05, 4.69) is 145 Å². The van der Waals surface area contributed by atoms with E-state index < -0.39 is 0 Å². The lowest BCUT2D eigenvalue weighted by molar-refractivity contribution is 0.117. The monoisotopic (exact) mass is 805 g/mol. The molecule has 0 aliphatic heterocycles. The van der Waals surface area contributed by atoms with Gasteiger partial charge in [0, 0.05) is 22.3 Å². The first-order valence-electron chi connectivity index (χ1n) is 22.2. The summed E-state index contributed by atoms with van der Waals surface area (Å²) >= 11 is 0. The Morgan fingerprint density at radius 3 is 1.40 bits per heavy atom. The van der Waals surface area contributed by atoms with Crippen LogP contribution in [0.25, 0.3) is 11.1 Å². The van der Waals surface area contributed by atoms with Crippen LogP contribution in [0.4, 0.5) is 0 Å². The maximum atomic E-state index is 7.21. The van der Waals surface area contributed by atoms with E-state index in [1.54, 1.807) is 0 Å². The zero-order valence-corrected chi connectivity index (χ0v) is 39.5. The minimum atomic E-state index is -0.221. The van der Waals surface area contributed by atoms with Gasteiger partial charge in [-0.2, -0.15) is 0 Å². The molecule has 2 aliphatic rings. The first-order chi connectivity index (χ1) is 27.3. The third-order valence-electron chi connectivity index (χ3n) is 12.4. The Balaban J connectivity index is 1.62. The molecule has 0 fully saturated rings. The van der Waals surface area contributed by atoms with Crippen molar-refractivity contribution in [3.63, 3.8) is 0 Å². The summed E-state index contributed by atoms with van der Waals surface area (Å²) < 4.78 is 27.8. The molecule has 4 aromatic carbocycles. The van der Waals surface area contributed by atoms with E-state index in [0.29, 0.717) is 0 Å². The average molecular weight is 805 g/mol. The van der Waals surface area contributed by atoms with E-state index in [4.69, 9.17) is 18.5 Å². The summed E-state index contributed by atoms with van der Waals surface area (Å²) in [5, 5.41) is 0. The lowest BCUT2D eigenvalue weighted by Crippen LogP contribution is -2.24. The molecule has 0 amide bonds. The van der Waals surface area contributed by atoms with Crippen molar-refractivity contribution in [2.24, 2.45) is 0 Å². The fraction of sp³-hybridized carbons (Fsp3) is 0.547. The van der Waals surface area contributed by atoms with E-state index in [1.165, 1.54) is 81.3 Å². The van der Waals surface area contributed by atoms with Gasteiger partial charge in [0.1, 0.15) is 23.0 Å². The molecule has 4 aromatic rings. The van der Waals surface area contributed by atoms with Gasteiger partial charge in [0.15, 0.2) is 0 Å². The molecule has 0 radical (unpaired) electrons. The van der Waals surface area contributed by atoms with Gasteiger partial charge in [-0.1, -0.05) is 133 Å². The molecular weight excluding hydrogens is 732 g/mol. The fourth-order valence-corrected chi connectivity index (χ4v) is 9.98.